The summed E-state index contributed by atoms with van der Waals surface area (Å²) in [7, 11) is 1.35. The molecule has 0 bridgehead atoms. The average Bonchev–Trinajstić information content (AvgIpc) is 2.89. The Hall–Kier alpha value is -1.93. The minimum Gasteiger partial charge on any atom is -0.462 e. The number of thiophene rings is 1. The Bertz CT molecular complexity index is 539. The number of anilines is 1. The van der Waals surface area contributed by atoms with Crippen molar-refractivity contribution in [3.63, 3.8) is 0 Å². The molecule has 1 amide bonds. The van der Waals surface area contributed by atoms with Crippen LogP contribution in [0.15, 0.2) is 6.07 Å². The zero-order valence-corrected chi connectivity index (χ0v) is 13.6. The van der Waals surface area contributed by atoms with Crippen molar-refractivity contribution in [2.75, 3.05) is 32.2 Å². The fourth-order valence-electron chi connectivity index (χ4n) is 1.54. The summed E-state index contributed by atoms with van der Waals surface area (Å²) in [5.74, 6) is -1.66. The van der Waals surface area contributed by atoms with Crippen LogP contribution in [0.2, 0.25) is 0 Å². The molecule has 8 heteroatoms. The van der Waals surface area contributed by atoms with Crippen LogP contribution in [0, 0.1) is 0 Å². The van der Waals surface area contributed by atoms with Crippen molar-refractivity contribution in [2.45, 2.75) is 20.3 Å². The van der Waals surface area contributed by atoms with E-state index < -0.39 is 24.5 Å². The van der Waals surface area contributed by atoms with Gasteiger partial charge in [-0.3, -0.25) is 4.79 Å². The second-order valence-corrected chi connectivity index (χ2v) is 5.31. The highest BCUT2D eigenvalue weighted by Gasteiger charge is 2.19. The molecule has 1 aromatic heterocycles. The Kier molecular flexibility index (Phi) is 7.55. The summed E-state index contributed by atoms with van der Waals surface area (Å²) in [5.41, 5.74) is 0.306. The Morgan fingerprint density at radius 3 is 2.50 bits per heavy atom. The van der Waals surface area contributed by atoms with Crippen LogP contribution in [0.25, 0.3) is 0 Å². The number of esters is 2. The molecule has 0 fully saturated rings. The number of hydrogen-bond donors (Lipinski definition) is 1. The van der Waals surface area contributed by atoms with Crippen molar-refractivity contribution in [1.29, 1.82) is 0 Å². The molecule has 1 N–H and O–H groups in total. The standard InChI is InChI=1S/C14H19NO6S/c1-4-9-6-10(14(18)20-5-2)13(22-9)15-11(16)7-21-12(17)8-19-3/h6H,4-5,7-8H2,1-3H3,(H,15,16). The molecular formula is C14H19NO6S. The maximum Gasteiger partial charge on any atom is 0.341 e. The lowest BCUT2D eigenvalue weighted by Crippen LogP contribution is -2.23. The highest BCUT2D eigenvalue weighted by molar-refractivity contribution is 7.16. The van der Waals surface area contributed by atoms with Gasteiger partial charge < -0.3 is 19.5 Å². The SMILES string of the molecule is CCOC(=O)c1cc(CC)sc1NC(=O)COC(=O)COC. The number of methoxy groups -OCH3 is 1. The molecule has 22 heavy (non-hydrogen) atoms. The topological polar surface area (TPSA) is 90.9 Å². The molecule has 0 aromatic carbocycles. The van der Waals surface area contributed by atoms with E-state index >= 15 is 0 Å². The van der Waals surface area contributed by atoms with Crippen molar-refractivity contribution in [3.05, 3.63) is 16.5 Å². The monoisotopic (exact) mass is 329 g/mol. The van der Waals surface area contributed by atoms with Gasteiger partial charge in [-0.25, -0.2) is 9.59 Å². The smallest absolute Gasteiger partial charge is 0.341 e. The van der Waals surface area contributed by atoms with Gasteiger partial charge in [0.2, 0.25) is 0 Å². The van der Waals surface area contributed by atoms with Gasteiger partial charge in [0.25, 0.3) is 5.91 Å². The quantitative estimate of drug-likeness (QED) is 0.729. The van der Waals surface area contributed by atoms with Crippen molar-refractivity contribution in [3.8, 4) is 0 Å². The first-order valence-corrected chi connectivity index (χ1v) is 7.57. The van der Waals surface area contributed by atoms with Gasteiger partial charge >= 0.3 is 11.9 Å². The first-order valence-electron chi connectivity index (χ1n) is 6.76. The number of nitrogens with one attached hydrogen (secondary N) is 1. The van der Waals surface area contributed by atoms with Crippen molar-refractivity contribution in [2.24, 2.45) is 0 Å². The van der Waals surface area contributed by atoms with Gasteiger partial charge in [0.1, 0.15) is 11.6 Å². The van der Waals surface area contributed by atoms with E-state index in [0.29, 0.717) is 10.6 Å². The third-order valence-electron chi connectivity index (χ3n) is 2.51. The lowest BCUT2D eigenvalue weighted by atomic mass is 10.2. The molecule has 7 nitrogen and oxygen atoms in total. The Labute approximate surface area is 132 Å². The fraction of sp³-hybridized carbons (Fsp3) is 0.500. The maximum atomic E-state index is 11.9. The third kappa shape index (κ3) is 5.45. The van der Waals surface area contributed by atoms with Crippen LogP contribution in [0.5, 0.6) is 0 Å². The van der Waals surface area contributed by atoms with Crippen molar-refractivity contribution in [1.82, 2.24) is 0 Å². The van der Waals surface area contributed by atoms with Gasteiger partial charge in [0.15, 0.2) is 6.61 Å². The van der Waals surface area contributed by atoms with E-state index in [1.807, 2.05) is 6.92 Å². The normalized spacial score (nSPS) is 10.1. The molecule has 0 radical (unpaired) electrons. The highest BCUT2D eigenvalue weighted by Crippen LogP contribution is 2.29. The van der Waals surface area contributed by atoms with E-state index in [4.69, 9.17) is 9.47 Å². The summed E-state index contributed by atoms with van der Waals surface area (Å²) in [6.07, 6.45) is 0.732. The van der Waals surface area contributed by atoms with Gasteiger partial charge in [-0.05, 0) is 19.4 Å². The minimum atomic E-state index is -0.635. The van der Waals surface area contributed by atoms with E-state index in [1.165, 1.54) is 18.4 Å². The number of aryl methyl sites for hydroxylation is 1. The summed E-state index contributed by atoms with van der Waals surface area (Å²) < 4.78 is 14.2. The van der Waals surface area contributed by atoms with E-state index in [1.54, 1.807) is 13.0 Å². The molecule has 0 saturated heterocycles. The predicted octanol–water partition coefficient (Wildman–Crippen LogP) is 1.62. The number of hydrogen-bond acceptors (Lipinski definition) is 7. The Balaban J connectivity index is 2.70. The van der Waals surface area contributed by atoms with E-state index in [9.17, 15) is 14.4 Å². The van der Waals surface area contributed by atoms with Gasteiger partial charge in [-0.1, -0.05) is 6.92 Å². The zero-order chi connectivity index (χ0) is 16.5. The number of carbonyl (C=O) groups excluding carboxylic acids is 3. The zero-order valence-electron chi connectivity index (χ0n) is 12.8. The Morgan fingerprint density at radius 2 is 1.91 bits per heavy atom. The van der Waals surface area contributed by atoms with Crippen LogP contribution in [0.4, 0.5) is 5.00 Å². The van der Waals surface area contributed by atoms with Gasteiger partial charge in [0, 0.05) is 12.0 Å². The van der Waals surface area contributed by atoms with Crippen molar-refractivity contribution < 1.29 is 28.6 Å². The van der Waals surface area contributed by atoms with Gasteiger partial charge in [0.05, 0.1) is 12.2 Å². The molecule has 0 atom stereocenters. The molecule has 122 valence electrons. The number of rotatable bonds is 8. The molecule has 0 aliphatic rings. The van der Waals surface area contributed by atoms with Crippen LogP contribution in [0.1, 0.15) is 29.1 Å². The molecule has 0 spiro atoms. The lowest BCUT2D eigenvalue weighted by Gasteiger charge is -2.06. The lowest BCUT2D eigenvalue weighted by molar-refractivity contribution is -0.150. The molecule has 0 saturated carbocycles. The molecule has 0 unspecified atom stereocenters. The number of amides is 1. The summed E-state index contributed by atoms with van der Waals surface area (Å²) >= 11 is 1.29. The maximum absolute atomic E-state index is 11.9. The molecule has 1 heterocycles. The Morgan fingerprint density at radius 1 is 1.18 bits per heavy atom. The molecular weight excluding hydrogens is 310 g/mol. The summed E-state index contributed by atoms with van der Waals surface area (Å²) in [6, 6.07) is 1.69. The summed E-state index contributed by atoms with van der Waals surface area (Å²) in [5, 5.41) is 2.95. The first kappa shape index (κ1) is 18.1. The fourth-order valence-corrected chi connectivity index (χ4v) is 2.54. The summed E-state index contributed by atoms with van der Waals surface area (Å²) in [6.45, 7) is 3.24. The van der Waals surface area contributed by atoms with Gasteiger partial charge in [-0.15, -0.1) is 11.3 Å². The first-order chi connectivity index (χ1) is 10.5. The second kappa shape index (κ2) is 9.16. The third-order valence-corrected chi connectivity index (χ3v) is 3.70. The molecule has 0 aliphatic carbocycles. The van der Waals surface area contributed by atoms with E-state index in [0.717, 1.165) is 11.3 Å². The molecule has 0 aliphatic heterocycles. The predicted molar refractivity (Wildman–Crippen MR) is 81.1 cm³/mol. The van der Waals surface area contributed by atoms with Crippen LogP contribution in [-0.4, -0.2) is 44.8 Å². The molecule has 1 aromatic rings. The summed E-state index contributed by atoms with van der Waals surface area (Å²) in [4.78, 5) is 35.7. The van der Waals surface area contributed by atoms with E-state index in [-0.39, 0.29) is 13.2 Å². The average molecular weight is 329 g/mol. The van der Waals surface area contributed by atoms with Crippen LogP contribution in [0.3, 0.4) is 0 Å². The van der Waals surface area contributed by atoms with E-state index in [2.05, 4.69) is 10.1 Å². The van der Waals surface area contributed by atoms with Crippen LogP contribution in [-0.2, 0) is 30.2 Å². The number of carbonyl (C=O) groups is 3. The number of ether oxygens (including phenoxy) is 3. The largest absolute Gasteiger partial charge is 0.462 e. The highest BCUT2D eigenvalue weighted by atomic mass is 32.1. The van der Waals surface area contributed by atoms with Crippen LogP contribution < -0.4 is 5.32 Å². The second-order valence-electron chi connectivity index (χ2n) is 4.17. The van der Waals surface area contributed by atoms with Crippen molar-refractivity contribution >= 4 is 34.2 Å². The molecule has 1 rings (SSSR count). The van der Waals surface area contributed by atoms with Crippen LogP contribution >= 0.6 is 11.3 Å². The minimum absolute atomic E-state index is 0.222. The van der Waals surface area contributed by atoms with Gasteiger partial charge in [-0.2, -0.15) is 0 Å².